The molecule has 6 heteroatoms. The minimum Gasteiger partial charge on any atom is -0.486 e. The van der Waals surface area contributed by atoms with Crippen LogP contribution in [-0.2, 0) is 7.05 Å². The molecule has 0 aliphatic carbocycles. The standard InChI is InChI=1S/C14H16ClN3O2/c1-16-13(14-10(15)8-17-18(14)2)9-3-4-11-12(7-9)20-6-5-19-11/h3-4,7-8,13,16H,5-6H2,1-2H3. The summed E-state index contributed by atoms with van der Waals surface area (Å²) in [5, 5.41) is 8.09. The Morgan fingerprint density at radius 2 is 2.05 bits per heavy atom. The second kappa shape index (κ2) is 5.34. The van der Waals surface area contributed by atoms with Gasteiger partial charge in [0.25, 0.3) is 0 Å². The summed E-state index contributed by atoms with van der Waals surface area (Å²) in [6, 6.07) is 5.88. The van der Waals surface area contributed by atoms with Gasteiger partial charge in [-0.05, 0) is 24.7 Å². The third-order valence-electron chi connectivity index (χ3n) is 3.40. The van der Waals surface area contributed by atoms with Gasteiger partial charge in [-0.15, -0.1) is 0 Å². The van der Waals surface area contributed by atoms with Crippen LogP contribution in [0, 0.1) is 0 Å². The Balaban J connectivity index is 2.01. The Kier molecular flexibility index (Phi) is 3.54. The lowest BCUT2D eigenvalue weighted by Crippen LogP contribution is -2.22. The molecular weight excluding hydrogens is 278 g/mol. The van der Waals surface area contributed by atoms with Gasteiger partial charge in [0, 0.05) is 7.05 Å². The largest absolute Gasteiger partial charge is 0.486 e. The summed E-state index contributed by atoms with van der Waals surface area (Å²) < 4.78 is 12.9. The number of hydrogen-bond donors (Lipinski definition) is 1. The van der Waals surface area contributed by atoms with E-state index in [0.717, 1.165) is 22.8 Å². The summed E-state index contributed by atoms with van der Waals surface area (Å²) >= 11 is 6.23. The van der Waals surface area contributed by atoms with Crippen molar-refractivity contribution in [1.29, 1.82) is 0 Å². The predicted octanol–water partition coefficient (Wildman–Crippen LogP) is 2.15. The fourth-order valence-corrected chi connectivity index (χ4v) is 2.72. The Labute approximate surface area is 122 Å². The quantitative estimate of drug-likeness (QED) is 0.942. The van der Waals surface area contributed by atoms with Gasteiger partial charge in [0.15, 0.2) is 11.5 Å². The van der Waals surface area contributed by atoms with Gasteiger partial charge in [-0.3, -0.25) is 4.68 Å². The number of hydrogen-bond acceptors (Lipinski definition) is 4. The lowest BCUT2D eigenvalue weighted by atomic mass is 10.0. The molecule has 1 atom stereocenters. The average molecular weight is 294 g/mol. The van der Waals surface area contributed by atoms with Crippen LogP contribution >= 0.6 is 11.6 Å². The normalized spacial score (nSPS) is 15.2. The molecule has 1 aromatic heterocycles. The number of nitrogens with zero attached hydrogens (tertiary/aromatic N) is 2. The van der Waals surface area contributed by atoms with Crippen molar-refractivity contribution in [3.8, 4) is 11.5 Å². The van der Waals surface area contributed by atoms with Gasteiger partial charge >= 0.3 is 0 Å². The van der Waals surface area contributed by atoms with Crippen molar-refractivity contribution in [1.82, 2.24) is 15.1 Å². The maximum absolute atomic E-state index is 6.23. The van der Waals surface area contributed by atoms with Gasteiger partial charge in [-0.2, -0.15) is 5.10 Å². The summed E-state index contributed by atoms with van der Waals surface area (Å²) in [6.45, 7) is 1.17. The molecule has 5 nitrogen and oxygen atoms in total. The van der Waals surface area contributed by atoms with Crippen LogP contribution in [0.4, 0.5) is 0 Å². The molecule has 0 amide bonds. The van der Waals surface area contributed by atoms with E-state index in [-0.39, 0.29) is 6.04 Å². The molecule has 0 fully saturated rings. The van der Waals surface area contributed by atoms with Crippen molar-refractivity contribution < 1.29 is 9.47 Å². The molecule has 1 N–H and O–H groups in total. The maximum atomic E-state index is 6.23. The van der Waals surface area contributed by atoms with Crippen molar-refractivity contribution in [2.45, 2.75) is 6.04 Å². The van der Waals surface area contributed by atoms with E-state index in [1.165, 1.54) is 0 Å². The van der Waals surface area contributed by atoms with E-state index < -0.39 is 0 Å². The van der Waals surface area contributed by atoms with E-state index in [9.17, 15) is 0 Å². The van der Waals surface area contributed by atoms with E-state index >= 15 is 0 Å². The number of aromatic nitrogens is 2. The molecule has 1 unspecified atom stereocenters. The van der Waals surface area contributed by atoms with Gasteiger partial charge in [0.1, 0.15) is 13.2 Å². The third-order valence-corrected chi connectivity index (χ3v) is 3.69. The molecule has 106 valence electrons. The van der Waals surface area contributed by atoms with Crippen LogP contribution in [0.3, 0.4) is 0 Å². The molecule has 2 aromatic rings. The van der Waals surface area contributed by atoms with Gasteiger partial charge in [-0.1, -0.05) is 17.7 Å². The lowest BCUT2D eigenvalue weighted by molar-refractivity contribution is 0.171. The molecule has 1 aliphatic rings. The second-order valence-electron chi connectivity index (χ2n) is 4.63. The first-order valence-electron chi connectivity index (χ1n) is 6.45. The highest BCUT2D eigenvalue weighted by Gasteiger charge is 2.22. The Hall–Kier alpha value is -1.72. The van der Waals surface area contributed by atoms with Crippen LogP contribution in [0.15, 0.2) is 24.4 Å². The number of fused-ring (bicyclic) bond motifs is 1. The van der Waals surface area contributed by atoms with E-state index in [0.29, 0.717) is 18.2 Å². The van der Waals surface area contributed by atoms with Crippen LogP contribution in [0.2, 0.25) is 5.02 Å². The maximum Gasteiger partial charge on any atom is 0.161 e. The fourth-order valence-electron chi connectivity index (χ4n) is 2.45. The molecule has 3 rings (SSSR count). The van der Waals surface area contributed by atoms with Crippen molar-refractivity contribution in [2.24, 2.45) is 7.05 Å². The molecule has 2 heterocycles. The fraction of sp³-hybridized carbons (Fsp3) is 0.357. The van der Waals surface area contributed by atoms with Gasteiger partial charge in [0.2, 0.25) is 0 Å². The predicted molar refractivity (Wildman–Crippen MR) is 76.6 cm³/mol. The number of rotatable bonds is 3. The van der Waals surface area contributed by atoms with Crippen LogP contribution in [0.5, 0.6) is 11.5 Å². The smallest absolute Gasteiger partial charge is 0.161 e. The van der Waals surface area contributed by atoms with Gasteiger partial charge in [0.05, 0.1) is 23.0 Å². The van der Waals surface area contributed by atoms with E-state index in [4.69, 9.17) is 21.1 Å². The van der Waals surface area contributed by atoms with Crippen molar-refractivity contribution in [2.75, 3.05) is 20.3 Å². The molecule has 0 spiro atoms. The summed E-state index contributed by atoms with van der Waals surface area (Å²) in [6.07, 6.45) is 1.65. The number of benzene rings is 1. The molecule has 1 aliphatic heterocycles. The average Bonchev–Trinajstić information content (AvgIpc) is 2.80. The van der Waals surface area contributed by atoms with E-state index in [2.05, 4.69) is 10.4 Å². The van der Waals surface area contributed by atoms with Crippen molar-refractivity contribution in [3.63, 3.8) is 0 Å². The molecule has 20 heavy (non-hydrogen) atoms. The molecule has 0 saturated heterocycles. The van der Waals surface area contributed by atoms with E-state index in [1.807, 2.05) is 32.3 Å². The number of ether oxygens (including phenoxy) is 2. The van der Waals surface area contributed by atoms with Gasteiger partial charge in [-0.25, -0.2) is 0 Å². The molecular formula is C14H16ClN3O2. The Bertz CT molecular complexity index is 607. The summed E-state index contributed by atoms with van der Waals surface area (Å²) in [4.78, 5) is 0. The number of halogens is 1. The SMILES string of the molecule is CNC(c1ccc2c(c1)OCCO2)c1c(Cl)cnn1C. The first kappa shape index (κ1) is 13.3. The zero-order valence-corrected chi connectivity index (χ0v) is 12.1. The first-order valence-corrected chi connectivity index (χ1v) is 6.82. The minimum atomic E-state index is -0.0502. The number of aryl methyl sites for hydroxylation is 1. The molecule has 1 aromatic carbocycles. The molecule has 0 radical (unpaired) electrons. The van der Waals surface area contributed by atoms with Crippen LogP contribution < -0.4 is 14.8 Å². The molecule has 0 bridgehead atoms. The topological polar surface area (TPSA) is 48.3 Å². The monoisotopic (exact) mass is 293 g/mol. The zero-order valence-electron chi connectivity index (χ0n) is 11.4. The highest BCUT2D eigenvalue weighted by molar-refractivity contribution is 6.31. The summed E-state index contributed by atoms with van der Waals surface area (Å²) in [5.74, 6) is 1.55. The van der Waals surface area contributed by atoms with Crippen LogP contribution in [-0.4, -0.2) is 30.0 Å². The second-order valence-corrected chi connectivity index (χ2v) is 5.03. The van der Waals surface area contributed by atoms with Crippen LogP contribution in [0.1, 0.15) is 17.3 Å². The Morgan fingerprint density at radius 1 is 1.30 bits per heavy atom. The summed E-state index contributed by atoms with van der Waals surface area (Å²) in [5.41, 5.74) is 1.98. The highest BCUT2D eigenvalue weighted by Crippen LogP contribution is 2.35. The van der Waals surface area contributed by atoms with Crippen LogP contribution in [0.25, 0.3) is 0 Å². The zero-order chi connectivity index (χ0) is 14.1. The molecule has 0 saturated carbocycles. The Morgan fingerprint density at radius 3 is 2.70 bits per heavy atom. The van der Waals surface area contributed by atoms with E-state index in [1.54, 1.807) is 10.9 Å². The van der Waals surface area contributed by atoms with Crippen molar-refractivity contribution in [3.05, 3.63) is 40.7 Å². The lowest BCUT2D eigenvalue weighted by Gasteiger charge is -2.22. The van der Waals surface area contributed by atoms with Crippen molar-refractivity contribution >= 4 is 11.6 Å². The minimum absolute atomic E-state index is 0.0502. The first-order chi connectivity index (χ1) is 9.70. The third kappa shape index (κ3) is 2.23. The van der Waals surface area contributed by atoms with Gasteiger partial charge < -0.3 is 14.8 Å². The highest BCUT2D eigenvalue weighted by atomic mass is 35.5. The number of nitrogens with one attached hydrogen (secondary N) is 1. The summed E-state index contributed by atoms with van der Waals surface area (Å²) in [7, 11) is 3.77.